The number of nitrogens with zero attached hydrogens (tertiary/aromatic N) is 2. The van der Waals surface area contributed by atoms with Gasteiger partial charge < -0.3 is 9.88 Å². The van der Waals surface area contributed by atoms with Gasteiger partial charge in [-0.3, -0.25) is 0 Å². The topological polar surface area (TPSA) is 29.9 Å². The van der Waals surface area contributed by atoms with Crippen molar-refractivity contribution in [3.05, 3.63) is 11.9 Å². The highest BCUT2D eigenvalue weighted by atomic mass is 15.2. The van der Waals surface area contributed by atoms with E-state index < -0.39 is 0 Å². The predicted molar refractivity (Wildman–Crippen MR) is 86.4 cm³/mol. The van der Waals surface area contributed by atoms with Gasteiger partial charge in [-0.1, -0.05) is 13.3 Å². The van der Waals surface area contributed by atoms with Gasteiger partial charge in [0, 0.05) is 18.3 Å². The Morgan fingerprint density at radius 1 is 1.19 bits per heavy atom. The van der Waals surface area contributed by atoms with Gasteiger partial charge in [-0.25, -0.2) is 4.98 Å². The summed E-state index contributed by atoms with van der Waals surface area (Å²) >= 11 is 0. The molecule has 0 aliphatic heterocycles. The van der Waals surface area contributed by atoms with Crippen molar-refractivity contribution >= 4 is 5.95 Å². The molecule has 0 spiro atoms. The summed E-state index contributed by atoms with van der Waals surface area (Å²) in [6.45, 7) is 5.48. The van der Waals surface area contributed by atoms with Crippen molar-refractivity contribution in [2.45, 2.75) is 77.3 Å². The Bertz CT molecular complexity index is 481. The Labute approximate surface area is 128 Å². The summed E-state index contributed by atoms with van der Waals surface area (Å²) in [6.07, 6.45) is 13.4. The first-order valence-electron chi connectivity index (χ1n) is 8.98. The Balaban J connectivity index is 1.55. The lowest BCUT2D eigenvalue weighted by Gasteiger charge is -2.57. The Kier molecular flexibility index (Phi) is 3.27. The molecule has 1 aromatic heterocycles. The molecule has 4 fully saturated rings. The number of imidazole rings is 1. The van der Waals surface area contributed by atoms with Crippen LogP contribution in [0.15, 0.2) is 6.20 Å². The molecule has 5 rings (SSSR count). The summed E-state index contributed by atoms with van der Waals surface area (Å²) in [5.74, 6) is 4.11. The van der Waals surface area contributed by atoms with E-state index in [-0.39, 0.29) is 0 Å². The summed E-state index contributed by atoms with van der Waals surface area (Å²) in [7, 11) is 0. The third-order valence-corrected chi connectivity index (χ3v) is 6.06. The third-order valence-electron chi connectivity index (χ3n) is 6.06. The van der Waals surface area contributed by atoms with Crippen molar-refractivity contribution in [2.24, 2.45) is 17.8 Å². The van der Waals surface area contributed by atoms with E-state index in [4.69, 9.17) is 4.98 Å². The molecular formula is C18H29N3. The Hall–Kier alpha value is -0.990. The smallest absolute Gasteiger partial charge is 0.203 e. The third kappa shape index (κ3) is 2.49. The van der Waals surface area contributed by atoms with Crippen LogP contribution in [0.5, 0.6) is 0 Å². The van der Waals surface area contributed by atoms with E-state index in [1.807, 2.05) is 0 Å². The van der Waals surface area contributed by atoms with Crippen LogP contribution in [0.3, 0.4) is 0 Å². The standard InChI is InChI=1S/C18H29N3/c1-3-4-5-21-12-13(2)19-17(21)20-18-9-14-6-15(10-18)8-16(7-14)11-18/h12,14-16H,3-11H2,1-2H3,(H,19,20). The molecular weight excluding hydrogens is 258 g/mol. The van der Waals surface area contributed by atoms with Crippen LogP contribution in [-0.2, 0) is 6.54 Å². The fourth-order valence-corrected chi connectivity index (χ4v) is 5.65. The van der Waals surface area contributed by atoms with E-state index in [2.05, 4.69) is 29.9 Å². The van der Waals surface area contributed by atoms with Crippen LogP contribution < -0.4 is 5.32 Å². The molecule has 4 saturated carbocycles. The molecule has 21 heavy (non-hydrogen) atoms. The molecule has 1 heterocycles. The van der Waals surface area contributed by atoms with E-state index >= 15 is 0 Å². The number of anilines is 1. The summed E-state index contributed by atoms with van der Waals surface area (Å²) in [5, 5.41) is 3.94. The van der Waals surface area contributed by atoms with Crippen LogP contribution in [0, 0.1) is 24.7 Å². The lowest BCUT2D eigenvalue weighted by atomic mass is 9.53. The second-order valence-corrected chi connectivity index (χ2v) is 8.08. The second-order valence-electron chi connectivity index (χ2n) is 8.08. The average molecular weight is 287 g/mol. The molecule has 3 nitrogen and oxygen atoms in total. The number of aromatic nitrogens is 2. The first-order valence-corrected chi connectivity index (χ1v) is 8.98. The van der Waals surface area contributed by atoms with Crippen LogP contribution in [0.1, 0.15) is 64.0 Å². The van der Waals surface area contributed by atoms with Crippen molar-refractivity contribution in [3.63, 3.8) is 0 Å². The fraction of sp³-hybridized carbons (Fsp3) is 0.833. The molecule has 116 valence electrons. The van der Waals surface area contributed by atoms with Gasteiger partial charge >= 0.3 is 0 Å². The molecule has 1 N–H and O–H groups in total. The zero-order valence-corrected chi connectivity index (χ0v) is 13.6. The highest BCUT2D eigenvalue weighted by molar-refractivity contribution is 5.35. The molecule has 0 unspecified atom stereocenters. The Morgan fingerprint density at radius 2 is 1.81 bits per heavy atom. The zero-order valence-electron chi connectivity index (χ0n) is 13.6. The van der Waals surface area contributed by atoms with Crippen LogP contribution in [0.2, 0.25) is 0 Å². The van der Waals surface area contributed by atoms with Gasteiger partial charge in [0.2, 0.25) is 5.95 Å². The van der Waals surface area contributed by atoms with Crippen LogP contribution in [-0.4, -0.2) is 15.1 Å². The van der Waals surface area contributed by atoms with Gasteiger partial charge in [0.05, 0.1) is 5.69 Å². The van der Waals surface area contributed by atoms with Crippen LogP contribution >= 0.6 is 0 Å². The minimum absolute atomic E-state index is 0.372. The van der Waals surface area contributed by atoms with Crippen molar-refractivity contribution in [2.75, 3.05) is 5.32 Å². The van der Waals surface area contributed by atoms with E-state index in [9.17, 15) is 0 Å². The second kappa shape index (κ2) is 5.03. The first-order chi connectivity index (χ1) is 10.2. The maximum Gasteiger partial charge on any atom is 0.203 e. The Morgan fingerprint density at radius 3 is 2.38 bits per heavy atom. The van der Waals surface area contributed by atoms with Crippen LogP contribution in [0.4, 0.5) is 5.95 Å². The minimum atomic E-state index is 0.372. The van der Waals surface area contributed by atoms with Crippen molar-refractivity contribution in [3.8, 4) is 0 Å². The molecule has 0 saturated heterocycles. The lowest BCUT2D eigenvalue weighted by molar-refractivity contribution is 0.0102. The van der Waals surface area contributed by atoms with Gasteiger partial charge in [0.25, 0.3) is 0 Å². The van der Waals surface area contributed by atoms with E-state index in [1.165, 1.54) is 51.4 Å². The van der Waals surface area contributed by atoms with Gasteiger partial charge in [0.15, 0.2) is 0 Å². The molecule has 3 heteroatoms. The monoisotopic (exact) mass is 287 g/mol. The lowest BCUT2D eigenvalue weighted by Crippen LogP contribution is -2.55. The summed E-state index contributed by atoms with van der Waals surface area (Å²) in [6, 6.07) is 0. The molecule has 0 aromatic carbocycles. The highest BCUT2D eigenvalue weighted by Gasteiger charge is 2.51. The quantitative estimate of drug-likeness (QED) is 0.871. The summed E-state index contributed by atoms with van der Waals surface area (Å²) in [4.78, 5) is 4.79. The molecule has 0 radical (unpaired) electrons. The molecule has 4 bridgehead atoms. The molecule has 0 amide bonds. The van der Waals surface area contributed by atoms with E-state index in [0.29, 0.717) is 5.54 Å². The average Bonchev–Trinajstić information content (AvgIpc) is 2.74. The predicted octanol–water partition coefficient (Wildman–Crippen LogP) is 4.37. The number of rotatable bonds is 5. The fourth-order valence-electron chi connectivity index (χ4n) is 5.65. The highest BCUT2D eigenvalue weighted by Crippen LogP contribution is 2.56. The number of aryl methyl sites for hydroxylation is 2. The molecule has 0 atom stereocenters. The molecule has 4 aliphatic carbocycles. The maximum atomic E-state index is 4.79. The number of hydrogen-bond donors (Lipinski definition) is 1. The molecule has 1 aromatic rings. The normalized spacial score (nSPS) is 37.1. The zero-order chi connectivity index (χ0) is 14.4. The van der Waals surface area contributed by atoms with Crippen LogP contribution in [0.25, 0.3) is 0 Å². The number of hydrogen-bond acceptors (Lipinski definition) is 2. The minimum Gasteiger partial charge on any atom is -0.350 e. The first kappa shape index (κ1) is 13.7. The van der Waals surface area contributed by atoms with Gasteiger partial charge in [-0.15, -0.1) is 0 Å². The largest absolute Gasteiger partial charge is 0.350 e. The summed E-state index contributed by atoms with van der Waals surface area (Å²) < 4.78 is 2.36. The van der Waals surface area contributed by atoms with Gasteiger partial charge in [-0.05, 0) is 69.6 Å². The SMILES string of the molecule is CCCCn1cc(C)nc1NC12CC3CC(CC(C3)C1)C2. The number of unbranched alkanes of at least 4 members (excludes halogenated alkanes) is 1. The number of nitrogens with one attached hydrogen (secondary N) is 1. The van der Waals surface area contributed by atoms with Crippen molar-refractivity contribution < 1.29 is 0 Å². The summed E-state index contributed by atoms with van der Waals surface area (Å²) in [5.41, 5.74) is 1.52. The van der Waals surface area contributed by atoms with Crippen molar-refractivity contribution in [1.82, 2.24) is 9.55 Å². The van der Waals surface area contributed by atoms with E-state index in [1.54, 1.807) is 0 Å². The van der Waals surface area contributed by atoms with Crippen molar-refractivity contribution in [1.29, 1.82) is 0 Å². The molecule has 4 aliphatic rings. The van der Waals surface area contributed by atoms with E-state index in [0.717, 1.165) is 35.9 Å². The van der Waals surface area contributed by atoms with Gasteiger partial charge in [-0.2, -0.15) is 0 Å². The maximum absolute atomic E-state index is 4.79. The van der Waals surface area contributed by atoms with Gasteiger partial charge in [0.1, 0.15) is 0 Å².